The molecule has 4 rings (SSSR count). The molecular weight excluding hydrogens is 451 g/mol. The minimum absolute atomic E-state index is 0.114. The Morgan fingerprint density at radius 3 is 2.53 bits per heavy atom. The summed E-state index contributed by atoms with van der Waals surface area (Å²) < 4.78 is 44.9. The Kier molecular flexibility index (Phi) is 5.68. The number of carbonyl (C=O) groups is 2. The molecule has 7 nitrogen and oxygen atoms in total. The minimum Gasteiger partial charge on any atom is -0.484 e. The van der Waals surface area contributed by atoms with Crippen molar-refractivity contribution in [2.45, 2.75) is 32.2 Å². The summed E-state index contributed by atoms with van der Waals surface area (Å²) in [7, 11) is 0. The van der Waals surface area contributed by atoms with Gasteiger partial charge in [-0.05, 0) is 43.5 Å². The number of carboxylic acid groups (broad SMARTS) is 1. The molecule has 0 saturated heterocycles. The number of fused-ring (bicyclic) bond motifs is 2. The molecular formula is C24H20F3N3O4. The number of imidazole rings is 1. The number of aromatic amines is 1. The van der Waals surface area contributed by atoms with Gasteiger partial charge in [-0.2, -0.15) is 13.2 Å². The highest BCUT2D eigenvalue weighted by molar-refractivity contribution is 6.05. The maximum absolute atomic E-state index is 13.0. The van der Waals surface area contributed by atoms with E-state index in [4.69, 9.17) is 4.74 Å². The fraction of sp³-hybridized carbons (Fsp3) is 0.208. The number of amides is 1. The second-order valence-electron chi connectivity index (χ2n) is 8.25. The molecule has 0 aliphatic heterocycles. The molecule has 3 aromatic carbocycles. The van der Waals surface area contributed by atoms with Gasteiger partial charge in [-0.25, -0.2) is 9.78 Å². The molecule has 0 radical (unpaired) electrons. The maximum Gasteiger partial charge on any atom is 0.416 e. The average Bonchev–Trinajstić information content (AvgIpc) is 3.18. The van der Waals surface area contributed by atoms with Crippen LogP contribution in [0.1, 0.15) is 35.6 Å². The SMILES string of the molecule is CC(C)(NC(=O)c1ccc2ccccc2c1OCc1nc2ccc(C(F)(F)F)cc2[nH]1)C(=O)O. The van der Waals surface area contributed by atoms with E-state index >= 15 is 0 Å². The van der Waals surface area contributed by atoms with Gasteiger partial charge in [0, 0.05) is 5.39 Å². The molecule has 1 amide bonds. The number of carboxylic acids is 1. The third-order valence-electron chi connectivity index (χ3n) is 5.30. The first-order valence-electron chi connectivity index (χ1n) is 10.2. The predicted octanol–water partition coefficient (Wildman–Crippen LogP) is 4.91. The Balaban J connectivity index is 1.67. The Bertz CT molecular complexity index is 1410. The summed E-state index contributed by atoms with van der Waals surface area (Å²) in [4.78, 5) is 31.4. The Labute approximate surface area is 191 Å². The van der Waals surface area contributed by atoms with E-state index in [0.29, 0.717) is 10.9 Å². The van der Waals surface area contributed by atoms with Crippen molar-refractivity contribution < 1.29 is 32.6 Å². The lowest BCUT2D eigenvalue weighted by Gasteiger charge is -2.22. The third-order valence-corrected chi connectivity index (χ3v) is 5.30. The summed E-state index contributed by atoms with van der Waals surface area (Å²) in [6.07, 6.45) is -4.48. The van der Waals surface area contributed by atoms with Crippen LogP contribution in [0.25, 0.3) is 21.8 Å². The number of aromatic nitrogens is 2. The third kappa shape index (κ3) is 4.52. The van der Waals surface area contributed by atoms with E-state index in [9.17, 15) is 27.9 Å². The van der Waals surface area contributed by atoms with Crippen LogP contribution in [0.15, 0.2) is 54.6 Å². The van der Waals surface area contributed by atoms with Gasteiger partial charge in [0.25, 0.3) is 5.91 Å². The summed E-state index contributed by atoms with van der Waals surface area (Å²) in [6.45, 7) is 2.56. The van der Waals surface area contributed by atoms with Gasteiger partial charge in [-0.3, -0.25) is 4.79 Å². The number of nitrogens with one attached hydrogen (secondary N) is 2. The molecule has 1 heterocycles. The molecule has 0 spiro atoms. The van der Waals surface area contributed by atoms with Crippen molar-refractivity contribution in [1.82, 2.24) is 15.3 Å². The maximum atomic E-state index is 13.0. The van der Waals surface area contributed by atoms with E-state index in [2.05, 4.69) is 15.3 Å². The van der Waals surface area contributed by atoms with Gasteiger partial charge >= 0.3 is 12.1 Å². The molecule has 34 heavy (non-hydrogen) atoms. The van der Waals surface area contributed by atoms with Crippen molar-refractivity contribution in [3.05, 3.63) is 71.5 Å². The molecule has 1 aromatic heterocycles. The molecule has 0 atom stereocenters. The lowest BCUT2D eigenvalue weighted by molar-refractivity contribution is -0.143. The van der Waals surface area contributed by atoms with Crippen molar-refractivity contribution in [3.8, 4) is 5.75 Å². The second kappa shape index (κ2) is 8.36. The number of benzene rings is 3. The number of rotatable bonds is 6. The summed E-state index contributed by atoms with van der Waals surface area (Å²) in [5, 5.41) is 13.2. The summed E-state index contributed by atoms with van der Waals surface area (Å²) in [5.74, 6) is -1.38. The van der Waals surface area contributed by atoms with Gasteiger partial charge in [0.05, 0.1) is 22.2 Å². The zero-order valence-corrected chi connectivity index (χ0v) is 18.2. The van der Waals surface area contributed by atoms with Crippen LogP contribution in [0.2, 0.25) is 0 Å². The number of halogens is 3. The van der Waals surface area contributed by atoms with Crippen molar-refractivity contribution in [2.24, 2.45) is 0 Å². The molecule has 0 fully saturated rings. The highest BCUT2D eigenvalue weighted by Crippen LogP contribution is 2.32. The van der Waals surface area contributed by atoms with Crippen LogP contribution in [-0.2, 0) is 17.6 Å². The molecule has 4 aromatic rings. The van der Waals surface area contributed by atoms with Crippen molar-refractivity contribution in [2.75, 3.05) is 0 Å². The minimum atomic E-state index is -4.48. The normalized spacial score (nSPS) is 12.1. The van der Waals surface area contributed by atoms with Crippen molar-refractivity contribution >= 4 is 33.7 Å². The number of hydrogen-bond donors (Lipinski definition) is 3. The standard InChI is InChI=1S/C24H20F3N3O4/c1-23(2,22(32)33)30-21(31)16-9-7-13-5-3-4-6-15(13)20(16)34-12-19-28-17-10-8-14(24(25,26)27)11-18(17)29-19/h3-11H,12H2,1-2H3,(H,28,29)(H,30,31)(H,32,33). The summed E-state index contributed by atoms with van der Waals surface area (Å²) >= 11 is 0. The molecule has 0 unspecified atom stereocenters. The van der Waals surface area contributed by atoms with Crippen LogP contribution in [-0.4, -0.2) is 32.5 Å². The Morgan fingerprint density at radius 1 is 1.09 bits per heavy atom. The number of nitrogens with zero attached hydrogens (tertiary/aromatic N) is 1. The highest BCUT2D eigenvalue weighted by Gasteiger charge is 2.32. The van der Waals surface area contributed by atoms with Gasteiger partial charge in [0.15, 0.2) is 0 Å². The van der Waals surface area contributed by atoms with E-state index in [-0.39, 0.29) is 29.3 Å². The van der Waals surface area contributed by atoms with Crippen LogP contribution in [0.5, 0.6) is 5.75 Å². The van der Waals surface area contributed by atoms with Crippen LogP contribution >= 0.6 is 0 Å². The molecule has 0 saturated carbocycles. The highest BCUT2D eigenvalue weighted by atomic mass is 19.4. The fourth-order valence-corrected chi connectivity index (χ4v) is 3.43. The molecule has 3 N–H and O–H groups in total. The fourth-order valence-electron chi connectivity index (χ4n) is 3.43. The van der Waals surface area contributed by atoms with Gasteiger partial charge in [-0.1, -0.05) is 30.3 Å². The first kappa shape index (κ1) is 23.1. The number of carbonyl (C=O) groups excluding carboxylic acids is 1. The topological polar surface area (TPSA) is 104 Å². The first-order chi connectivity index (χ1) is 16.0. The summed E-state index contributed by atoms with van der Waals surface area (Å²) in [6, 6.07) is 13.6. The zero-order valence-electron chi connectivity index (χ0n) is 18.2. The van der Waals surface area contributed by atoms with Crippen LogP contribution in [0, 0.1) is 0 Å². The molecule has 0 aliphatic carbocycles. The van der Waals surface area contributed by atoms with Gasteiger partial charge in [0.2, 0.25) is 0 Å². The van der Waals surface area contributed by atoms with Crippen LogP contribution < -0.4 is 10.1 Å². The predicted molar refractivity (Wildman–Crippen MR) is 119 cm³/mol. The lowest BCUT2D eigenvalue weighted by atomic mass is 10.0. The molecule has 0 aliphatic rings. The summed E-state index contributed by atoms with van der Waals surface area (Å²) in [5.41, 5.74) is -1.67. The van der Waals surface area contributed by atoms with Crippen LogP contribution in [0.4, 0.5) is 13.2 Å². The van der Waals surface area contributed by atoms with E-state index in [1.807, 2.05) is 12.1 Å². The van der Waals surface area contributed by atoms with Gasteiger partial charge in [-0.15, -0.1) is 0 Å². The van der Waals surface area contributed by atoms with Gasteiger partial charge < -0.3 is 20.1 Å². The Morgan fingerprint density at radius 2 is 1.82 bits per heavy atom. The number of hydrogen-bond acceptors (Lipinski definition) is 4. The molecule has 10 heteroatoms. The van der Waals surface area contributed by atoms with Crippen LogP contribution in [0.3, 0.4) is 0 Å². The number of H-pyrrole nitrogens is 1. The Hall–Kier alpha value is -4.08. The van der Waals surface area contributed by atoms with E-state index < -0.39 is 29.2 Å². The second-order valence-corrected chi connectivity index (χ2v) is 8.25. The van der Waals surface area contributed by atoms with Gasteiger partial charge in [0.1, 0.15) is 23.7 Å². The number of alkyl halides is 3. The van der Waals surface area contributed by atoms with E-state index in [0.717, 1.165) is 17.5 Å². The molecule has 0 bridgehead atoms. The quantitative estimate of drug-likeness (QED) is 0.371. The first-order valence-corrected chi connectivity index (χ1v) is 10.2. The lowest BCUT2D eigenvalue weighted by Crippen LogP contribution is -2.49. The van der Waals surface area contributed by atoms with E-state index in [1.54, 1.807) is 18.2 Å². The zero-order chi connectivity index (χ0) is 24.7. The molecule has 176 valence electrons. The monoisotopic (exact) mass is 471 g/mol. The van der Waals surface area contributed by atoms with Crippen molar-refractivity contribution in [1.29, 1.82) is 0 Å². The largest absolute Gasteiger partial charge is 0.484 e. The smallest absolute Gasteiger partial charge is 0.416 e. The number of aliphatic carboxylic acids is 1. The number of ether oxygens (including phenoxy) is 1. The van der Waals surface area contributed by atoms with Crippen molar-refractivity contribution in [3.63, 3.8) is 0 Å². The average molecular weight is 471 g/mol. The van der Waals surface area contributed by atoms with E-state index in [1.165, 1.54) is 26.0 Å².